The topological polar surface area (TPSA) is 60.2 Å². The second-order valence-corrected chi connectivity index (χ2v) is 5.53. The summed E-state index contributed by atoms with van der Waals surface area (Å²) in [5.74, 6) is 1.15. The van der Waals surface area contributed by atoms with Gasteiger partial charge < -0.3 is 14.2 Å². The van der Waals surface area contributed by atoms with Crippen molar-refractivity contribution in [2.45, 2.75) is 26.4 Å². The van der Waals surface area contributed by atoms with Crippen molar-refractivity contribution in [1.29, 1.82) is 0 Å². The highest BCUT2D eigenvalue weighted by Crippen LogP contribution is 2.18. The smallest absolute Gasteiger partial charge is 0.222 e. The third-order valence-electron chi connectivity index (χ3n) is 3.86. The number of imidazole rings is 1. The molecule has 0 bridgehead atoms. The van der Waals surface area contributed by atoms with Crippen LogP contribution in [0.4, 0.5) is 0 Å². The van der Waals surface area contributed by atoms with Gasteiger partial charge in [0.1, 0.15) is 5.75 Å². The SMILES string of the molecule is CCC(=O)N1Cc2cncn2C[C@H](COc2cccnc2)C1. The van der Waals surface area contributed by atoms with Gasteiger partial charge in [-0.05, 0) is 12.1 Å². The van der Waals surface area contributed by atoms with Crippen molar-refractivity contribution in [2.75, 3.05) is 13.2 Å². The van der Waals surface area contributed by atoms with Gasteiger partial charge in [-0.1, -0.05) is 6.92 Å². The van der Waals surface area contributed by atoms with Crippen molar-refractivity contribution < 1.29 is 9.53 Å². The van der Waals surface area contributed by atoms with E-state index in [2.05, 4.69) is 14.5 Å². The zero-order valence-electron chi connectivity index (χ0n) is 12.7. The molecule has 1 aliphatic heterocycles. The van der Waals surface area contributed by atoms with E-state index < -0.39 is 0 Å². The first-order valence-electron chi connectivity index (χ1n) is 7.56. The zero-order valence-corrected chi connectivity index (χ0v) is 12.7. The quantitative estimate of drug-likeness (QED) is 0.862. The van der Waals surface area contributed by atoms with Crippen molar-refractivity contribution in [2.24, 2.45) is 5.92 Å². The van der Waals surface area contributed by atoms with Crippen LogP contribution in [-0.4, -0.2) is 38.5 Å². The summed E-state index contributed by atoms with van der Waals surface area (Å²) in [6.07, 6.45) is 7.60. The lowest BCUT2D eigenvalue weighted by Gasteiger charge is -2.23. The molecular formula is C16H20N4O2. The normalized spacial score (nSPS) is 17.7. The van der Waals surface area contributed by atoms with Crippen molar-refractivity contribution >= 4 is 5.91 Å². The summed E-state index contributed by atoms with van der Waals surface area (Å²) in [5, 5.41) is 0. The molecule has 0 unspecified atom stereocenters. The summed E-state index contributed by atoms with van der Waals surface area (Å²) in [6.45, 7) is 4.58. The van der Waals surface area contributed by atoms with E-state index in [4.69, 9.17) is 4.74 Å². The number of carbonyl (C=O) groups is 1. The Morgan fingerprint density at radius 3 is 3.05 bits per heavy atom. The summed E-state index contributed by atoms with van der Waals surface area (Å²) in [4.78, 5) is 22.3. The van der Waals surface area contributed by atoms with Crippen LogP contribution in [0.1, 0.15) is 19.0 Å². The summed E-state index contributed by atoms with van der Waals surface area (Å²) in [7, 11) is 0. The van der Waals surface area contributed by atoms with Gasteiger partial charge in [0.25, 0.3) is 0 Å². The average Bonchev–Trinajstić information content (AvgIpc) is 2.91. The van der Waals surface area contributed by atoms with E-state index in [1.54, 1.807) is 12.4 Å². The molecule has 2 aromatic rings. The Morgan fingerprint density at radius 1 is 1.36 bits per heavy atom. The minimum Gasteiger partial charge on any atom is -0.492 e. The van der Waals surface area contributed by atoms with Crippen LogP contribution < -0.4 is 4.74 Å². The summed E-state index contributed by atoms with van der Waals surface area (Å²) < 4.78 is 7.93. The predicted molar refractivity (Wildman–Crippen MR) is 81.2 cm³/mol. The highest BCUT2D eigenvalue weighted by atomic mass is 16.5. The molecule has 2 aromatic heterocycles. The van der Waals surface area contributed by atoms with E-state index in [-0.39, 0.29) is 11.8 Å². The van der Waals surface area contributed by atoms with E-state index in [1.165, 1.54) is 0 Å². The van der Waals surface area contributed by atoms with Crippen LogP contribution in [0.25, 0.3) is 0 Å². The fourth-order valence-electron chi connectivity index (χ4n) is 2.72. The van der Waals surface area contributed by atoms with Gasteiger partial charge >= 0.3 is 0 Å². The molecule has 0 N–H and O–H groups in total. The molecule has 3 heterocycles. The van der Waals surface area contributed by atoms with Gasteiger partial charge in [-0.3, -0.25) is 9.78 Å². The molecule has 0 radical (unpaired) electrons. The van der Waals surface area contributed by atoms with Crippen LogP contribution in [0.3, 0.4) is 0 Å². The van der Waals surface area contributed by atoms with Crippen LogP contribution in [0, 0.1) is 5.92 Å². The van der Waals surface area contributed by atoms with Crippen LogP contribution in [0.15, 0.2) is 37.1 Å². The third-order valence-corrected chi connectivity index (χ3v) is 3.86. The van der Waals surface area contributed by atoms with E-state index in [0.717, 1.165) is 18.0 Å². The van der Waals surface area contributed by atoms with Gasteiger partial charge in [0.2, 0.25) is 5.91 Å². The third kappa shape index (κ3) is 3.27. The number of aromatic nitrogens is 3. The minimum atomic E-state index is 0.168. The Kier molecular flexibility index (Phi) is 4.37. The molecule has 116 valence electrons. The molecule has 3 rings (SSSR count). The zero-order chi connectivity index (χ0) is 15.4. The van der Waals surface area contributed by atoms with E-state index in [0.29, 0.717) is 26.1 Å². The van der Waals surface area contributed by atoms with Gasteiger partial charge in [-0.15, -0.1) is 0 Å². The fourth-order valence-corrected chi connectivity index (χ4v) is 2.72. The number of hydrogen-bond acceptors (Lipinski definition) is 4. The molecule has 0 fully saturated rings. The maximum Gasteiger partial charge on any atom is 0.222 e. The minimum absolute atomic E-state index is 0.168. The number of fused-ring (bicyclic) bond motifs is 1. The highest BCUT2D eigenvalue weighted by molar-refractivity contribution is 5.75. The molecule has 0 saturated heterocycles. The summed E-state index contributed by atoms with van der Waals surface area (Å²) in [5.41, 5.74) is 1.07. The van der Waals surface area contributed by atoms with Gasteiger partial charge in [-0.25, -0.2) is 4.98 Å². The molecule has 0 spiro atoms. The number of hydrogen-bond donors (Lipinski definition) is 0. The number of nitrogens with zero attached hydrogens (tertiary/aromatic N) is 4. The highest BCUT2D eigenvalue weighted by Gasteiger charge is 2.24. The van der Waals surface area contributed by atoms with Crippen molar-refractivity contribution in [3.63, 3.8) is 0 Å². The number of carbonyl (C=O) groups excluding carboxylic acids is 1. The van der Waals surface area contributed by atoms with Crippen LogP contribution in [0.5, 0.6) is 5.75 Å². The second kappa shape index (κ2) is 6.60. The lowest BCUT2D eigenvalue weighted by molar-refractivity contribution is -0.132. The Morgan fingerprint density at radius 2 is 2.27 bits per heavy atom. The molecule has 0 aromatic carbocycles. The molecule has 1 amide bonds. The largest absolute Gasteiger partial charge is 0.492 e. The Labute approximate surface area is 129 Å². The van der Waals surface area contributed by atoms with Crippen molar-refractivity contribution in [1.82, 2.24) is 19.4 Å². The molecular weight excluding hydrogens is 280 g/mol. The van der Waals surface area contributed by atoms with Gasteiger partial charge in [0.05, 0.1) is 31.4 Å². The van der Waals surface area contributed by atoms with Gasteiger partial charge in [-0.2, -0.15) is 0 Å². The summed E-state index contributed by atoms with van der Waals surface area (Å²) >= 11 is 0. The second-order valence-electron chi connectivity index (χ2n) is 5.53. The Balaban J connectivity index is 1.71. The Bertz CT molecular complexity index is 626. The van der Waals surface area contributed by atoms with Gasteiger partial charge in [0, 0.05) is 37.8 Å². The lowest BCUT2D eigenvalue weighted by atomic mass is 10.1. The first-order chi connectivity index (χ1) is 10.8. The van der Waals surface area contributed by atoms with E-state index in [1.807, 2.05) is 36.5 Å². The molecule has 6 nitrogen and oxygen atoms in total. The van der Waals surface area contributed by atoms with Crippen LogP contribution in [0.2, 0.25) is 0 Å². The molecule has 6 heteroatoms. The maximum absolute atomic E-state index is 12.1. The molecule has 0 saturated carbocycles. The number of pyridine rings is 1. The standard InChI is InChI=1S/C16H20N4O2/c1-2-16(21)19-8-13(9-20-12-18-6-14(20)10-19)11-22-15-4-3-5-17-7-15/h3-7,12-13H,2,8-11H2,1H3/t13-/m1/s1. The summed E-state index contributed by atoms with van der Waals surface area (Å²) in [6, 6.07) is 3.74. The Hall–Kier alpha value is -2.37. The van der Waals surface area contributed by atoms with E-state index >= 15 is 0 Å². The monoisotopic (exact) mass is 300 g/mol. The molecule has 22 heavy (non-hydrogen) atoms. The molecule has 0 aliphatic carbocycles. The first kappa shape index (κ1) is 14.6. The van der Waals surface area contributed by atoms with Gasteiger partial charge in [0.15, 0.2) is 0 Å². The number of ether oxygens (including phenoxy) is 1. The van der Waals surface area contributed by atoms with Crippen molar-refractivity contribution in [3.8, 4) is 5.75 Å². The van der Waals surface area contributed by atoms with Crippen molar-refractivity contribution in [3.05, 3.63) is 42.7 Å². The van der Waals surface area contributed by atoms with E-state index in [9.17, 15) is 4.79 Å². The number of amides is 1. The van der Waals surface area contributed by atoms with Crippen LogP contribution in [-0.2, 0) is 17.9 Å². The predicted octanol–water partition coefficient (Wildman–Crippen LogP) is 1.73. The molecule has 1 atom stereocenters. The fraction of sp³-hybridized carbons (Fsp3) is 0.438. The maximum atomic E-state index is 12.1. The lowest BCUT2D eigenvalue weighted by Crippen LogP contribution is -2.35. The first-order valence-corrected chi connectivity index (χ1v) is 7.56. The molecule has 1 aliphatic rings. The number of rotatable bonds is 4. The average molecular weight is 300 g/mol. The van der Waals surface area contributed by atoms with Crippen LogP contribution >= 0.6 is 0 Å².